The van der Waals surface area contributed by atoms with Crippen molar-refractivity contribution in [2.24, 2.45) is 0 Å². The molecule has 0 spiro atoms. The molecule has 0 heterocycles. The number of urea groups is 1. The highest BCUT2D eigenvalue weighted by Crippen LogP contribution is 2.04. The van der Waals surface area contributed by atoms with Crippen molar-refractivity contribution in [1.82, 2.24) is 10.2 Å². The molecule has 98 valence electrons. The van der Waals surface area contributed by atoms with Gasteiger partial charge in [0.1, 0.15) is 6.54 Å². The number of carboxylic acids is 1. The minimum absolute atomic E-state index is 0.0413. The molecule has 0 fully saturated rings. The van der Waals surface area contributed by atoms with E-state index >= 15 is 0 Å². The van der Waals surface area contributed by atoms with Crippen LogP contribution in [0.1, 0.15) is 33.6 Å². The van der Waals surface area contributed by atoms with Gasteiger partial charge in [-0.05, 0) is 26.7 Å². The number of hydrogen-bond acceptors (Lipinski definition) is 2. The van der Waals surface area contributed by atoms with Crippen molar-refractivity contribution < 1.29 is 14.7 Å². The third-order valence-electron chi connectivity index (χ3n) is 2.58. The van der Waals surface area contributed by atoms with Gasteiger partial charge in [0.25, 0.3) is 0 Å². The van der Waals surface area contributed by atoms with Gasteiger partial charge in [0.05, 0.1) is 0 Å². The van der Waals surface area contributed by atoms with Crippen molar-refractivity contribution in [3.05, 3.63) is 12.7 Å². The molecule has 5 nitrogen and oxygen atoms in total. The van der Waals surface area contributed by atoms with Gasteiger partial charge in [-0.3, -0.25) is 4.79 Å². The molecule has 0 aliphatic heterocycles. The Bertz CT molecular complexity index is 279. The summed E-state index contributed by atoms with van der Waals surface area (Å²) in [6, 6.07) is -0.474. The van der Waals surface area contributed by atoms with E-state index in [1.807, 2.05) is 20.8 Å². The summed E-state index contributed by atoms with van der Waals surface area (Å²) in [5.41, 5.74) is 0. The fourth-order valence-electron chi connectivity index (χ4n) is 1.40. The number of hydrogen-bond donors (Lipinski definition) is 2. The molecule has 0 aliphatic rings. The summed E-state index contributed by atoms with van der Waals surface area (Å²) in [6.07, 6.45) is 3.10. The van der Waals surface area contributed by atoms with Crippen LogP contribution >= 0.6 is 0 Å². The molecule has 2 amide bonds. The molecule has 0 radical (unpaired) electrons. The van der Waals surface area contributed by atoms with E-state index in [2.05, 4.69) is 11.9 Å². The van der Waals surface area contributed by atoms with Gasteiger partial charge in [0, 0.05) is 12.1 Å². The highest BCUT2D eigenvalue weighted by atomic mass is 16.4. The molecule has 0 saturated heterocycles. The topological polar surface area (TPSA) is 69.6 Å². The van der Waals surface area contributed by atoms with E-state index in [9.17, 15) is 9.59 Å². The van der Waals surface area contributed by atoms with Crippen molar-refractivity contribution in [3.63, 3.8) is 0 Å². The maximum absolute atomic E-state index is 11.9. The van der Waals surface area contributed by atoms with Crippen molar-refractivity contribution >= 4 is 12.0 Å². The van der Waals surface area contributed by atoms with Crippen LogP contribution in [-0.2, 0) is 4.79 Å². The summed E-state index contributed by atoms with van der Waals surface area (Å²) in [7, 11) is 0. The summed E-state index contributed by atoms with van der Waals surface area (Å²) in [5, 5.41) is 11.5. The number of amides is 2. The molecule has 0 aromatic heterocycles. The molecule has 2 atom stereocenters. The number of carboxylic acid groups (broad SMARTS) is 1. The minimum Gasteiger partial charge on any atom is -0.480 e. The first-order valence-electron chi connectivity index (χ1n) is 5.82. The molecule has 5 heteroatoms. The normalized spacial score (nSPS) is 13.6. The Kier molecular flexibility index (Phi) is 7.02. The molecular formula is C12H22N2O3. The second-order valence-electron chi connectivity index (χ2n) is 4.15. The molecule has 0 bridgehead atoms. The van der Waals surface area contributed by atoms with Crippen molar-refractivity contribution in [2.45, 2.75) is 45.7 Å². The zero-order valence-electron chi connectivity index (χ0n) is 10.8. The number of carbonyl (C=O) groups is 2. The van der Waals surface area contributed by atoms with E-state index in [0.717, 1.165) is 6.42 Å². The van der Waals surface area contributed by atoms with E-state index in [-0.39, 0.29) is 24.7 Å². The first-order valence-corrected chi connectivity index (χ1v) is 5.82. The Hall–Kier alpha value is -1.52. The van der Waals surface area contributed by atoms with E-state index in [1.165, 1.54) is 4.90 Å². The fourth-order valence-corrected chi connectivity index (χ4v) is 1.40. The van der Waals surface area contributed by atoms with Gasteiger partial charge in [-0.15, -0.1) is 6.58 Å². The molecule has 17 heavy (non-hydrogen) atoms. The summed E-state index contributed by atoms with van der Waals surface area (Å²) in [4.78, 5) is 23.9. The zero-order chi connectivity index (χ0) is 13.4. The van der Waals surface area contributed by atoms with Gasteiger partial charge in [0.15, 0.2) is 0 Å². The lowest BCUT2D eigenvalue weighted by atomic mass is 10.2. The van der Waals surface area contributed by atoms with Crippen LogP contribution in [0.4, 0.5) is 4.79 Å². The number of aliphatic carboxylic acids is 1. The predicted molar refractivity (Wildman–Crippen MR) is 66.9 cm³/mol. The average Bonchev–Trinajstić information content (AvgIpc) is 2.24. The third kappa shape index (κ3) is 5.94. The summed E-state index contributed by atoms with van der Waals surface area (Å²) >= 11 is 0. The second-order valence-corrected chi connectivity index (χ2v) is 4.15. The Balaban J connectivity index is 4.51. The number of rotatable bonds is 7. The predicted octanol–water partition coefficient (Wildman–Crippen LogP) is 1.85. The Morgan fingerprint density at radius 3 is 2.47 bits per heavy atom. The Morgan fingerprint density at radius 1 is 1.47 bits per heavy atom. The highest BCUT2D eigenvalue weighted by molar-refractivity contribution is 5.80. The quantitative estimate of drug-likeness (QED) is 0.669. The molecule has 0 rings (SSSR count). The third-order valence-corrected chi connectivity index (χ3v) is 2.58. The lowest BCUT2D eigenvalue weighted by molar-refractivity contribution is -0.138. The van der Waals surface area contributed by atoms with Crippen LogP contribution in [-0.4, -0.2) is 40.6 Å². The average molecular weight is 242 g/mol. The number of carbonyl (C=O) groups excluding carboxylic acids is 1. The van der Waals surface area contributed by atoms with Gasteiger partial charge in [-0.1, -0.05) is 13.0 Å². The van der Waals surface area contributed by atoms with Gasteiger partial charge in [0.2, 0.25) is 0 Å². The van der Waals surface area contributed by atoms with Gasteiger partial charge >= 0.3 is 12.0 Å². The van der Waals surface area contributed by atoms with E-state index in [0.29, 0.717) is 6.42 Å². The smallest absolute Gasteiger partial charge is 0.323 e. The van der Waals surface area contributed by atoms with Gasteiger partial charge < -0.3 is 15.3 Å². The van der Waals surface area contributed by atoms with E-state index in [4.69, 9.17) is 5.11 Å². The number of nitrogens with zero attached hydrogens (tertiary/aromatic N) is 1. The molecule has 2 unspecified atom stereocenters. The van der Waals surface area contributed by atoms with Crippen molar-refractivity contribution in [2.75, 3.05) is 6.54 Å². The summed E-state index contributed by atoms with van der Waals surface area (Å²) in [5.74, 6) is -1.00. The van der Waals surface area contributed by atoms with Crippen LogP contribution in [0.5, 0.6) is 0 Å². The molecule has 0 aromatic carbocycles. The Labute approximate surface area is 102 Å². The van der Waals surface area contributed by atoms with Gasteiger partial charge in [-0.25, -0.2) is 4.79 Å². The molecule has 0 aromatic rings. The SMILES string of the molecule is C=CCC(C)NC(=O)N(CC(=O)O)C(C)CC. The highest BCUT2D eigenvalue weighted by Gasteiger charge is 2.22. The summed E-state index contributed by atoms with van der Waals surface area (Å²) < 4.78 is 0. The monoisotopic (exact) mass is 242 g/mol. The minimum atomic E-state index is -1.00. The largest absolute Gasteiger partial charge is 0.480 e. The van der Waals surface area contributed by atoms with Crippen molar-refractivity contribution in [1.29, 1.82) is 0 Å². The molecule has 0 aliphatic carbocycles. The first-order chi connectivity index (χ1) is 7.92. The maximum atomic E-state index is 11.9. The molecular weight excluding hydrogens is 220 g/mol. The lowest BCUT2D eigenvalue weighted by Gasteiger charge is -2.28. The van der Waals surface area contributed by atoms with Crippen LogP contribution in [0.15, 0.2) is 12.7 Å². The second kappa shape index (κ2) is 7.70. The fraction of sp³-hybridized carbons (Fsp3) is 0.667. The van der Waals surface area contributed by atoms with Gasteiger partial charge in [-0.2, -0.15) is 0 Å². The van der Waals surface area contributed by atoms with E-state index in [1.54, 1.807) is 6.08 Å². The first kappa shape index (κ1) is 15.5. The van der Waals surface area contributed by atoms with Crippen molar-refractivity contribution in [3.8, 4) is 0 Å². The molecule has 0 saturated carbocycles. The Morgan fingerprint density at radius 2 is 2.06 bits per heavy atom. The molecule has 2 N–H and O–H groups in total. The van der Waals surface area contributed by atoms with Crippen LogP contribution in [0.3, 0.4) is 0 Å². The van der Waals surface area contributed by atoms with E-state index < -0.39 is 5.97 Å². The standard InChI is InChI=1S/C12H22N2O3/c1-5-7-9(3)13-12(17)14(8-11(15)16)10(4)6-2/h5,9-10H,1,6-8H2,2-4H3,(H,13,17)(H,15,16). The zero-order valence-corrected chi connectivity index (χ0v) is 10.8. The summed E-state index contributed by atoms with van der Waals surface area (Å²) in [6.45, 7) is 8.92. The van der Waals surface area contributed by atoms with Crippen LogP contribution < -0.4 is 5.32 Å². The van der Waals surface area contributed by atoms with Crippen LogP contribution in [0, 0.1) is 0 Å². The van der Waals surface area contributed by atoms with Crippen LogP contribution in [0.25, 0.3) is 0 Å². The number of nitrogens with one attached hydrogen (secondary N) is 1. The lowest BCUT2D eigenvalue weighted by Crippen LogP contribution is -2.49. The maximum Gasteiger partial charge on any atom is 0.323 e. The van der Waals surface area contributed by atoms with Crippen LogP contribution in [0.2, 0.25) is 0 Å².